The maximum absolute atomic E-state index is 15.6. The molecule has 2 aliphatic heterocycles. The lowest BCUT2D eigenvalue weighted by Crippen LogP contribution is -2.14. The van der Waals surface area contributed by atoms with E-state index in [1.165, 1.54) is 6.42 Å². The van der Waals surface area contributed by atoms with Gasteiger partial charge in [0.2, 0.25) is 0 Å². The van der Waals surface area contributed by atoms with Crippen LogP contribution in [0.2, 0.25) is 0 Å². The Morgan fingerprint density at radius 2 is 1.37 bits per heavy atom. The molecule has 2 aliphatic rings. The Kier molecular flexibility index (Phi) is 13.6. The highest BCUT2D eigenvalue weighted by Crippen LogP contribution is 2.33. The molecule has 0 spiro atoms. The molecule has 0 amide bonds. The second-order valence-corrected chi connectivity index (χ2v) is 9.71. The van der Waals surface area contributed by atoms with Gasteiger partial charge in [0.1, 0.15) is 17.5 Å². The van der Waals surface area contributed by atoms with Crippen molar-refractivity contribution in [3.63, 3.8) is 0 Å². The van der Waals surface area contributed by atoms with E-state index >= 15 is 4.39 Å². The summed E-state index contributed by atoms with van der Waals surface area (Å²) in [5, 5.41) is 6.91. The second kappa shape index (κ2) is 16.1. The summed E-state index contributed by atoms with van der Waals surface area (Å²) in [6, 6.07) is 14.1. The summed E-state index contributed by atoms with van der Waals surface area (Å²) in [7, 11) is 0. The van der Waals surface area contributed by atoms with Crippen LogP contribution in [-0.2, 0) is 0 Å². The van der Waals surface area contributed by atoms with Crippen molar-refractivity contribution in [3.8, 4) is 22.4 Å². The number of halogens is 5. The van der Waals surface area contributed by atoms with Crippen LogP contribution >= 0.6 is 49.6 Å². The van der Waals surface area contributed by atoms with Crippen molar-refractivity contribution in [1.82, 2.24) is 30.6 Å². The quantitative estimate of drug-likeness (QED) is 0.155. The molecule has 0 bridgehead atoms. The molecule has 11 heteroatoms. The number of imidazole rings is 2. The number of benzene rings is 2. The molecule has 2 atom stereocenters. The molecule has 41 heavy (non-hydrogen) atoms. The zero-order valence-electron chi connectivity index (χ0n) is 22.3. The van der Waals surface area contributed by atoms with E-state index in [-0.39, 0.29) is 61.5 Å². The molecular formula is C30H35Cl4FN6. The molecule has 0 aliphatic carbocycles. The number of H-pyrrole nitrogens is 2. The number of hydrogen-bond donors (Lipinski definition) is 4. The van der Waals surface area contributed by atoms with E-state index in [4.69, 9.17) is 0 Å². The van der Waals surface area contributed by atoms with E-state index in [1.54, 1.807) is 12.3 Å². The summed E-state index contributed by atoms with van der Waals surface area (Å²) in [5.74, 6) is 1.61. The first kappa shape index (κ1) is 34.6. The highest BCUT2D eigenvalue weighted by Gasteiger charge is 2.20. The minimum absolute atomic E-state index is 0. The lowest BCUT2D eigenvalue weighted by atomic mass is 9.95. The summed E-state index contributed by atoms with van der Waals surface area (Å²) >= 11 is 0. The van der Waals surface area contributed by atoms with Gasteiger partial charge in [-0.3, -0.25) is 0 Å². The Hall–Kier alpha value is -2.65. The van der Waals surface area contributed by atoms with E-state index < -0.39 is 0 Å². The van der Waals surface area contributed by atoms with Gasteiger partial charge in [-0.2, -0.15) is 0 Å². The van der Waals surface area contributed by atoms with Crippen molar-refractivity contribution in [2.24, 2.45) is 0 Å². The Morgan fingerprint density at radius 3 is 2.02 bits per heavy atom. The summed E-state index contributed by atoms with van der Waals surface area (Å²) in [4.78, 5) is 15.8. The molecule has 2 aromatic heterocycles. The Balaban J connectivity index is 0.00000147. The minimum atomic E-state index is -0.271. The zero-order chi connectivity index (χ0) is 25.0. The van der Waals surface area contributed by atoms with Gasteiger partial charge >= 0.3 is 0 Å². The van der Waals surface area contributed by atoms with Crippen LogP contribution in [0.1, 0.15) is 60.7 Å². The molecule has 220 valence electrons. The van der Waals surface area contributed by atoms with Gasteiger partial charge in [-0.25, -0.2) is 14.4 Å². The Bertz CT molecular complexity index is 1420. The minimum Gasteiger partial charge on any atom is -0.341 e. The fraction of sp³-hybridized carbons (Fsp3) is 0.267. The van der Waals surface area contributed by atoms with Crippen LogP contribution in [0.4, 0.5) is 4.39 Å². The first-order valence-electron chi connectivity index (χ1n) is 13.1. The SMILES string of the molecule is Cl.Cl.Cl.Cl.Fc1cc(-c2cnc([C@@H]3CCCN3)[nH]2)cc(-c2ccccc2)c1C=CC=Cc1cnc([C@@H]2CCCN2)[nH]1. The number of allylic oxidation sites excluding steroid dienone is 2. The summed E-state index contributed by atoms with van der Waals surface area (Å²) in [6.07, 6.45) is 15.7. The first-order valence-corrected chi connectivity index (χ1v) is 13.1. The van der Waals surface area contributed by atoms with Crippen molar-refractivity contribution in [1.29, 1.82) is 0 Å². The van der Waals surface area contributed by atoms with Gasteiger partial charge in [-0.05, 0) is 68.1 Å². The molecule has 0 unspecified atom stereocenters. The van der Waals surface area contributed by atoms with Crippen molar-refractivity contribution >= 4 is 61.8 Å². The molecule has 0 radical (unpaired) electrons. The van der Waals surface area contributed by atoms with Crippen molar-refractivity contribution in [3.05, 3.63) is 95.7 Å². The van der Waals surface area contributed by atoms with E-state index in [1.807, 2.05) is 66.9 Å². The normalized spacial score (nSPS) is 18.1. The molecule has 6 nitrogen and oxygen atoms in total. The van der Waals surface area contributed by atoms with Crippen LogP contribution in [0, 0.1) is 5.82 Å². The molecule has 2 fully saturated rings. The maximum atomic E-state index is 15.6. The average Bonchev–Trinajstić information content (AvgIpc) is 3.74. The maximum Gasteiger partial charge on any atom is 0.131 e. The van der Waals surface area contributed by atoms with Crippen LogP contribution in [-0.4, -0.2) is 33.0 Å². The van der Waals surface area contributed by atoms with Crippen LogP contribution < -0.4 is 10.6 Å². The number of rotatable bonds is 7. The lowest BCUT2D eigenvalue weighted by Gasteiger charge is -2.11. The van der Waals surface area contributed by atoms with Gasteiger partial charge in [0.15, 0.2) is 0 Å². The highest BCUT2D eigenvalue weighted by atomic mass is 35.5. The van der Waals surface area contributed by atoms with Gasteiger partial charge in [-0.15, -0.1) is 49.6 Å². The van der Waals surface area contributed by atoms with Gasteiger partial charge in [0.25, 0.3) is 0 Å². The molecule has 2 saturated heterocycles. The Labute approximate surface area is 264 Å². The molecular weight excluding hydrogens is 605 g/mol. The van der Waals surface area contributed by atoms with Crippen LogP contribution in [0.3, 0.4) is 0 Å². The van der Waals surface area contributed by atoms with Crippen LogP contribution in [0.15, 0.2) is 67.0 Å². The lowest BCUT2D eigenvalue weighted by molar-refractivity contribution is 0.612. The first-order chi connectivity index (χ1) is 18.2. The number of hydrogen-bond acceptors (Lipinski definition) is 4. The summed E-state index contributed by atoms with van der Waals surface area (Å²) < 4.78 is 15.6. The molecule has 2 aromatic carbocycles. The molecule has 4 heterocycles. The van der Waals surface area contributed by atoms with Crippen molar-refractivity contribution in [2.45, 2.75) is 37.8 Å². The van der Waals surface area contributed by atoms with Gasteiger partial charge < -0.3 is 20.6 Å². The van der Waals surface area contributed by atoms with Gasteiger partial charge in [-0.1, -0.05) is 48.6 Å². The standard InChI is InChI=1S/C30H31FN6.4ClH/c31-25-17-21(28-19-35-30(37-28)27-13-7-15-33-27)16-24(20-8-2-1-3-9-20)23(25)11-5-4-10-22-18-34-29(36-22)26-12-6-14-32-26;;;;/h1-5,8-11,16-19,26-27,32-33H,6-7,12-15H2,(H,34,36)(H,35,37);4*1H/t26-,27-;;;;/m0..../s1. The third-order valence-electron chi connectivity index (χ3n) is 7.17. The molecule has 6 rings (SSSR count). The summed E-state index contributed by atoms with van der Waals surface area (Å²) in [5.41, 5.74) is 4.89. The predicted octanol–water partition coefficient (Wildman–Crippen LogP) is 7.87. The molecule has 0 saturated carbocycles. The molecule has 4 aromatic rings. The van der Waals surface area contributed by atoms with E-state index in [0.29, 0.717) is 11.6 Å². The topological polar surface area (TPSA) is 81.4 Å². The van der Waals surface area contributed by atoms with Gasteiger partial charge in [0.05, 0.1) is 35.9 Å². The number of aromatic amines is 2. The third kappa shape index (κ3) is 8.01. The fourth-order valence-electron chi connectivity index (χ4n) is 5.22. The van der Waals surface area contributed by atoms with E-state index in [2.05, 4.69) is 30.6 Å². The van der Waals surface area contributed by atoms with E-state index in [9.17, 15) is 0 Å². The van der Waals surface area contributed by atoms with Crippen LogP contribution in [0.25, 0.3) is 34.5 Å². The Morgan fingerprint density at radius 1 is 0.732 bits per heavy atom. The van der Waals surface area contributed by atoms with Gasteiger partial charge in [0, 0.05) is 11.1 Å². The van der Waals surface area contributed by atoms with E-state index in [0.717, 1.165) is 72.1 Å². The van der Waals surface area contributed by atoms with Crippen molar-refractivity contribution < 1.29 is 4.39 Å². The largest absolute Gasteiger partial charge is 0.341 e. The number of nitrogens with one attached hydrogen (secondary N) is 4. The molecule has 4 N–H and O–H groups in total. The zero-order valence-corrected chi connectivity index (χ0v) is 25.6. The predicted molar refractivity (Wildman–Crippen MR) is 175 cm³/mol. The smallest absolute Gasteiger partial charge is 0.131 e. The number of aromatic nitrogens is 4. The van der Waals surface area contributed by atoms with Crippen LogP contribution in [0.5, 0.6) is 0 Å². The third-order valence-corrected chi connectivity index (χ3v) is 7.17. The fourth-order valence-corrected chi connectivity index (χ4v) is 5.22. The van der Waals surface area contributed by atoms with Crippen molar-refractivity contribution in [2.75, 3.05) is 13.1 Å². The monoisotopic (exact) mass is 638 g/mol. The average molecular weight is 640 g/mol. The number of nitrogens with zero attached hydrogens (tertiary/aromatic N) is 2. The highest BCUT2D eigenvalue weighted by molar-refractivity contribution is 5.86. The second-order valence-electron chi connectivity index (χ2n) is 9.71. The summed E-state index contributed by atoms with van der Waals surface area (Å²) in [6.45, 7) is 2.04.